The summed E-state index contributed by atoms with van der Waals surface area (Å²) in [7, 11) is 0. The first kappa shape index (κ1) is 14.5. The number of benzene rings is 1. The third kappa shape index (κ3) is 2.99. The lowest BCUT2D eigenvalue weighted by atomic mass is 10.1. The van der Waals surface area contributed by atoms with Crippen molar-refractivity contribution in [3.63, 3.8) is 0 Å². The lowest BCUT2D eigenvalue weighted by Gasteiger charge is -2.09. The Morgan fingerprint density at radius 1 is 1.48 bits per heavy atom. The number of aromatic carboxylic acids is 1. The van der Waals surface area contributed by atoms with Crippen LogP contribution >= 0.6 is 0 Å². The van der Waals surface area contributed by atoms with E-state index in [2.05, 4.69) is 10.5 Å². The van der Waals surface area contributed by atoms with Gasteiger partial charge in [-0.3, -0.25) is 10.1 Å². The van der Waals surface area contributed by atoms with Crippen LogP contribution in [0.4, 0.5) is 11.4 Å². The number of aryl methyl sites for hydroxylation is 2. The lowest BCUT2D eigenvalue weighted by molar-refractivity contribution is -0.384. The van der Waals surface area contributed by atoms with Crippen LogP contribution in [0.25, 0.3) is 0 Å². The molecule has 2 rings (SSSR count). The average Bonchev–Trinajstić information content (AvgIpc) is 2.75. The first-order valence-corrected chi connectivity index (χ1v) is 6.07. The second kappa shape index (κ2) is 5.61. The first-order valence-electron chi connectivity index (χ1n) is 6.07. The molecule has 0 amide bonds. The number of nitrogens with one attached hydrogen (secondary N) is 1. The van der Waals surface area contributed by atoms with Crippen LogP contribution in [-0.2, 0) is 6.54 Å². The number of carbonyl (C=O) groups is 1. The minimum absolute atomic E-state index is 0.0349. The van der Waals surface area contributed by atoms with Gasteiger partial charge in [0.2, 0.25) is 0 Å². The molecule has 1 heterocycles. The Kier molecular flexibility index (Phi) is 3.88. The summed E-state index contributed by atoms with van der Waals surface area (Å²) in [4.78, 5) is 21.4. The quantitative estimate of drug-likeness (QED) is 0.641. The van der Waals surface area contributed by atoms with Gasteiger partial charge >= 0.3 is 5.97 Å². The van der Waals surface area contributed by atoms with Gasteiger partial charge in [-0.2, -0.15) is 0 Å². The second-order valence-corrected chi connectivity index (χ2v) is 4.45. The molecule has 0 fully saturated rings. The lowest BCUT2D eigenvalue weighted by Crippen LogP contribution is -2.08. The van der Waals surface area contributed by atoms with Gasteiger partial charge in [0.1, 0.15) is 5.76 Å². The van der Waals surface area contributed by atoms with Gasteiger partial charge in [-0.25, -0.2) is 4.79 Å². The molecule has 21 heavy (non-hydrogen) atoms. The van der Waals surface area contributed by atoms with Crippen LogP contribution < -0.4 is 5.32 Å². The molecule has 2 N–H and O–H groups in total. The van der Waals surface area contributed by atoms with Crippen molar-refractivity contribution in [2.75, 3.05) is 5.32 Å². The minimum atomic E-state index is -1.16. The number of carboxylic acid groups (broad SMARTS) is 1. The van der Waals surface area contributed by atoms with E-state index in [0.717, 1.165) is 11.6 Å². The molecular formula is C13H13N3O5. The molecule has 0 spiro atoms. The van der Waals surface area contributed by atoms with Crippen molar-refractivity contribution >= 4 is 17.3 Å². The number of aromatic nitrogens is 1. The molecule has 0 aliphatic heterocycles. The summed E-state index contributed by atoms with van der Waals surface area (Å²) in [6.07, 6.45) is 0. The highest BCUT2D eigenvalue weighted by Crippen LogP contribution is 2.24. The number of carboxylic acids is 1. The van der Waals surface area contributed by atoms with Crippen molar-refractivity contribution < 1.29 is 19.3 Å². The van der Waals surface area contributed by atoms with E-state index in [4.69, 9.17) is 9.63 Å². The number of nitro groups is 1. The minimum Gasteiger partial charge on any atom is -0.478 e. The number of hydrogen-bond acceptors (Lipinski definition) is 6. The zero-order valence-electron chi connectivity index (χ0n) is 11.4. The Hall–Kier alpha value is -2.90. The highest BCUT2D eigenvalue weighted by molar-refractivity contribution is 5.94. The molecule has 2 aromatic rings. The fraction of sp³-hybridized carbons (Fsp3) is 0.231. The Bertz CT molecular complexity index is 688. The van der Waals surface area contributed by atoms with Gasteiger partial charge in [-0.15, -0.1) is 0 Å². The topological polar surface area (TPSA) is 119 Å². The second-order valence-electron chi connectivity index (χ2n) is 4.45. The fourth-order valence-electron chi connectivity index (χ4n) is 1.92. The predicted molar refractivity (Wildman–Crippen MR) is 73.4 cm³/mol. The third-order valence-electron chi connectivity index (χ3n) is 3.08. The summed E-state index contributed by atoms with van der Waals surface area (Å²) in [5.41, 5.74) is 1.44. The Morgan fingerprint density at radius 3 is 2.71 bits per heavy atom. The summed E-state index contributed by atoms with van der Waals surface area (Å²) in [5.74, 6) is -0.548. The third-order valence-corrected chi connectivity index (χ3v) is 3.08. The van der Waals surface area contributed by atoms with E-state index in [1.807, 2.05) is 0 Å². The van der Waals surface area contributed by atoms with E-state index < -0.39 is 10.9 Å². The molecule has 1 aromatic carbocycles. The molecule has 0 saturated carbocycles. The molecule has 0 aliphatic rings. The van der Waals surface area contributed by atoms with Crippen LogP contribution in [0.2, 0.25) is 0 Å². The number of nitrogens with zero attached hydrogens (tertiary/aromatic N) is 2. The van der Waals surface area contributed by atoms with Crippen molar-refractivity contribution in [2.24, 2.45) is 0 Å². The molecule has 1 aromatic heterocycles. The summed E-state index contributed by atoms with van der Waals surface area (Å²) in [6, 6.07) is 3.56. The molecule has 110 valence electrons. The summed E-state index contributed by atoms with van der Waals surface area (Å²) < 4.78 is 5.01. The zero-order valence-corrected chi connectivity index (χ0v) is 11.4. The molecular weight excluding hydrogens is 278 g/mol. The van der Waals surface area contributed by atoms with E-state index in [1.165, 1.54) is 12.1 Å². The number of rotatable bonds is 5. The van der Waals surface area contributed by atoms with Crippen LogP contribution in [0.3, 0.4) is 0 Å². The molecule has 0 radical (unpaired) electrons. The normalized spacial score (nSPS) is 10.4. The largest absolute Gasteiger partial charge is 0.478 e. The van der Waals surface area contributed by atoms with Crippen molar-refractivity contribution in [2.45, 2.75) is 20.4 Å². The number of anilines is 1. The monoisotopic (exact) mass is 291 g/mol. The van der Waals surface area contributed by atoms with Crippen LogP contribution in [0, 0.1) is 24.0 Å². The maximum atomic E-state index is 11.2. The van der Waals surface area contributed by atoms with E-state index in [0.29, 0.717) is 11.5 Å². The summed E-state index contributed by atoms with van der Waals surface area (Å²) in [5, 5.41) is 26.6. The van der Waals surface area contributed by atoms with Crippen molar-refractivity contribution in [3.05, 3.63) is 50.9 Å². The van der Waals surface area contributed by atoms with Gasteiger partial charge in [0.15, 0.2) is 0 Å². The predicted octanol–water partition coefficient (Wildman–Crippen LogP) is 2.51. The van der Waals surface area contributed by atoms with Gasteiger partial charge < -0.3 is 14.9 Å². The van der Waals surface area contributed by atoms with Crippen molar-refractivity contribution in [3.8, 4) is 0 Å². The molecule has 0 atom stereocenters. The van der Waals surface area contributed by atoms with Gasteiger partial charge in [-0.1, -0.05) is 5.16 Å². The molecule has 0 aliphatic carbocycles. The number of nitro benzene ring substituents is 1. The van der Waals surface area contributed by atoms with Crippen LogP contribution in [0.5, 0.6) is 0 Å². The molecule has 0 bridgehead atoms. The maximum Gasteiger partial charge on any atom is 0.337 e. The van der Waals surface area contributed by atoms with Gasteiger partial charge in [0, 0.05) is 24.2 Å². The zero-order chi connectivity index (χ0) is 15.6. The highest BCUT2D eigenvalue weighted by atomic mass is 16.6. The van der Waals surface area contributed by atoms with Crippen LogP contribution in [0.15, 0.2) is 22.7 Å². The van der Waals surface area contributed by atoms with E-state index in [1.54, 1.807) is 13.8 Å². The Labute approximate surface area is 119 Å². The molecule has 0 unspecified atom stereocenters. The Morgan fingerprint density at radius 2 is 2.19 bits per heavy atom. The van der Waals surface area contributed by atoms with E-state index >= 15 is 0 Å². The molecule has 8 nitrogen and oxygen atoms in total. The highest BCUT2D eigenvalue weighted by Gasteiger charge is 2.16. The molecule has 8 heteroatoms. The smallest absolute Gasteiger partial charge is 0.337 e. The van der Waals surface area contributed by atoms with Gasteiger partial charge in [0.25, 0.3) is 5.69 Å². The van der Waals surface area contributed by atoms with Gasteiger partial charge in [0.05, 0.1) is 21.9 Å². The number of hydrogen-bond donors (Lipinski definition) is 2. The first-order chi connectivity index (χ1) is 9.90. The van der Waals surface area contributed by atoms with Crippen LogP contribution in [-0.4, -0.2) is 21.2 Å². The average molecular weight is 291 g/mol. The SMILES string of the molecule is Cc1noc(C)c1CNc1cc([N+](=O)[O-])ccc1C(=O)O. The van der Waals surface area contributed by atoms with Crippen molar-refractivity contribution in [1.82, 2.24) is 5.16 Å². The van der Waals surface area contributed by atoms with E-state index in [9.17, 15) is 14.9 Å². The van der Waals surface area contributed by atoms with Gasteiger partial charge in [-0.05, 0) is 19.9 Å². The maximum absolute atomic E-state index is 11.2. The summed E-state index contributed by atoms with van der Waals surface area (Å²) in [6.45, 7) is 3.77. The van der Waals surface area contributed by atoms with Crippen molar-refractivity contribution in [1.29, 1.82) is 0 Å². The van der Waals surface area contributed by atoms with Crippen LogP contribution in [0.1, 0.15) is 27.4 Å². The Balaban J connectivity index is 2.31. The van der Waals surface area contributed by atoms with E-state index in [-0.39, 0.29) is 23.5 Å². The fourth-order valence-corrected chi connectivity index (χ4v) is 1.92. The standard InChI is InChI=1S/C13H13N3O5/c1-7-11(8(2)21-15-7)6-14-12-5-9(16(19)20)3-4-10(12)13(17)18/h3-5,14H,6H2,1-2H3,(H,17,18). The summed E-state index contributed by atoms with van der Waals surface area (Å²) >= 11 is 0. The molecule has 0 saturated heterocycles. The number of non-ortho nitro benzene ring substituents is 1.